The van der Waals surface area contributed by atoms with E-state index in [0.29, 0.717) is 0 Å². The maximum Gasteiger partial charge on any atom is 0.201 e. The second-order valence-electron chi connectivity index (χ2n) is 7.67. The molecule has 2 bridgehead atoms. The van der Waals surface area contributed by atoms with Crippen LogP contribution in [0.15, 0.2) is 97.1 Å². The molecule has 2 atom stereocenters. The van der Waals surface area contributed by atoms with Crippen molar-refractivity contribution in [2.75, 3.05) is 0 Å². The summed E-state index contributed by atoms with van der Waals surface area (Å²) in [6.07, 6.45) is 0. The van der Waals surface area contributed by atoms with Gasteiger partial charge in [0.1, 0.15) is 0 Å². The molecule has 7 rings (SSSR count). The van der Waals surface area contributed by atoms with E-state index >= 15 is 0 Å². The number of carbonyl (C=O) groups is 1. The minimum atomic E-state index is -0.163. The number of thioether (sulfide) groups is 1. The number of hydrogen-bond donors (Lipinski definition) is 0. The van der Waals surface area contributed by atoms with Crippen molar-refractivity contribution in [2.45, 2.75) is 11.2 Å². The molecule has 2 aliphatic heterocycles. The molecule has 0 saturated carbocycles. The Bertz CT molecular complexity index is 1240. The number of fused-ring (bicyclic) bond motifs is 1. The second-order valence-corrected chi connectivity index (χ2v) is 8.78. The zero-order valence-corrected chi connectivity index (χ0v) is 16.5. The first kappa shape index (κ1) is 16.8. The summed E-state index contributed by atoms with van der Waals surface area (Å²) in [6.45, 7) is 0. The molecular formula is C27H18OS. The monoisotopic (exact) mass is 390 g/mol. The minimum Gasteiger partial charge on any atom is -0.286 e. The van der Waals surface area contributed by atoms with E-state index in [1.807, 2.05) is 12.1 Å². The lowest BCUT2D eigenvalue weighted by atomic mass is 9.76. The summed E-state index contributed by atoms with van der Waals surface area (Å²) in [7, 11) is 0. The van der Waals surface area contributed by atoms with Gasteiger partial charge in [0.05, 0.1) is 11.2 Å². The van der Waals surface area contributed by atoms with Crippen molar-refractivity contribution in [3.8, 4) is 22.3 Å². The zero-order valence-electron chi connectivity index (χ0n) is 15.7. The summed E-state index contributed by atoms with van der Waals surface area (Å²) in [4.78, 5) is 12.9. The molecule has 4 aromatic carbocycles. The molecule has 0 aromatic heterocycles. The number of benzene rings is 4. The van der Waals surface area contributed by atoms with Crippen LogP contribution in [0.3, 0.4) is 0 Å². The van der Waals surface area contributed by atoms with Gasteiger partial charge in [-0.25, -0.2) is 0 Å². The molecule has 29 heavy (non-hydrogen) atoms. The first-order valence-electron chi connectivity index (χ1n) is 9.88. The summed E-state index contributed by atoms with van der Waals surface area (Å²) < 4.78 is 0. The highest BCUT2D eigenvalue weighted by molar-refractivity contribution is 8.14. The van der Waals surface area contributed by atoms with E-state index in [-0.39, 0.29) is 16.3 Å². The summed E-state index contributed by atoms with van der Waals surface area (Å²) in [5.41, 5.74) is 9.74. The van der Waals surface area contributed by atoms with E-state index in [2.05, 4.69) is 84.9 Å². The average molecular weight is 391 g/mol. The van der Waals surface area contributed by atoms with Gasteiger partial charge in [0.2, 0.25) is 5.12 Å². The van der Waals surface area contributed by atoms with Crippen molar-refractivity contribution in [2.24, 2.45) is 0 Å². The van der Waals surface area contributed by atoms with Crippen LogP contribution in [0.4, 0.5) is 0 Å². The second kappa shape index (κ2) is 6.47. The third kappa shape index (κ3) is 2.60. The smallest absolute Gasteiger partial charge is 0.201 e. The molecule has 0 amide bonds. The van der Waals surface area contributed by atoms with Crippen LogP contribution < -0.4 is 0 Å². The predicted molar refractivity (Wildman–Crippen MR) is 120 cm³/mol. The average Bonchev–Trinajstić information content (AvgIpc) is 2.79. The number of hydrogen-bond acceptors (Lipinski definition) is 2. The molecule has 0 saturated heterocycles. The fourth-order valence-electron chi connectivity index (χ4n) is 4.65. The van der Waals surface area contributed by atoms with Gasteiger partial charge in [-0.2, -0.15) is 0 Å². The molecule has 0 radical (unpaired) electrons. The Hall–Kier alpha value is -3.10. The third-order valence-electron chi connectivity index (χ3n) is 6.04. The van der Waals surface area contributed by atoms with Gasteiger partial charge >= 0.3 is 0 Å². The van der Waals surface area contributed by atoms with E-state index in [1.54, 1.807) is 0 Å². The van der Waals surface area contributed by atoms with E-state index in [0.717, 1.165) is 0 Å². The van der Waals surface area contributed by atoms with Crippen LogP contribution in [-0.4, -0.2) is 5.12 Å². The molecule has 0 spiro atoms. The Morgan fingerprint density at radius 2 is 1.07 bits per heavy atom. The summed E-state index contributed by atoms with van der Waals surface area (Å²) in [6, 6.07) is 34.1. The van der Waals surface area contributed by atoms with Crippen LogP contribution in [0.2, 0.25) is 0 Å². The Labute approximate surface area is 174 Å². The summed E-state index contributed by atoms with van der Waals surface area (Å²) in [5.74, 6) is -0.163. The van der Waals surface area contributed by atoms with Crippen molar-refractivity contribution in [1.29, 1.82) is 0 Å². The van der Waals surface area contributed by atoms with Crippen molar-refractivity contribution in [1.82, 2.24) is 0 Å². The Kier molecular flexibility index (Phi) is 3.75. The SMILES string of the molecule is O=C1SC2c3cc(-c4ccccc4)ccc3C1c1cc(-c3ccccc3)ccc12. The molecule has 2 unspecified atom stereocenters. The predicted octanol–water partition coefficient (Wildman–Crippen LogP) is 6.83. The van der Waals surface area contributed by atoms with Crippen LogP contribution in [0.5, 0.6) is 0 Å². The third-order valence-corrected chi connectivity index (χ3v) is 7.26. The largest absolute Gasteiger partial charge is 0.286 e. The van der Waals surface area contributed by atoms with Gasteiger partial charge in [-0.05, 0) is 56.6 Å². The molecule has 3 aliphatic rings. The first-order valence-corrected chi connectivity index (χ1v) is 10.8. The van der Waals surface area contributed by atoms with Gasteiger partial charge in [0.15, 0.2) is 0 Å². The van der Waals surface area contributed by atoms with Gasteiger partial charge in [0.25, 0.3) is 0 Å². The Morgan fingerprint density at radius 1 is 0.517 bits per heavy atom. The van der Waals surface area contributed by atoms with Crippen LogP contribution in [0, 0.1) is 0 Å². The number of rotatable bonds is 2. The lowest BCUT2D eigenvalue weighted by Gasteiger charge is -2.39. The van der Waals surface area contributed by atoms with Crippen LogP contribution >= 0.6 is 11.8 Å². The molecule has 1 aliphatic carbocycles. The van der Waals surface area contributed by atoms with Crippen molar-refractivity contribution in [3.05, 3.63) is 119 Å². The van der Waals surface area contributed by atoms with Crippen molar-refractivity contribution < 1.29 is 4.79 Å². The topological polar surface area (TPSA) is 17.1 Å². The van der Waals surface area contributed by atoms with Gasteiger partial charge in [0, 0.05) is 0 Å². The van der Waals surface area contributed by atoms with Crippen LogP contribution in [0.1, 0.15) is 33.4 Å². The Balaban J connectivity index is 1.50. The molecule has 0 fully saturated rings. The van der Waals surface area contributed by atoms with E-state index in [9.17, 15) is 4.79 Å². The maximum atomic E-state index is 12.9. The maximum absolute atomic E-state index is 12.9. The highest BCUT2D eigenvalue weighted by Crippen LogP contribution is 2.57. The fraction of sp³-hybridized carbons (Fsp3) is 0.0741. The van der Waals surface area contributed by atoms with Crippen LogP contribution in [0.25, 0.3) is 22.3 Å². The molecule has 4 aromatic rings. The standard InChI is InChI=1S/C27H18OS/c28-27-25-21-13-11-20(18-9-5-2-6-10-18)16-24(21)26(29-27)22-14-12-19(15-23(22)25)17-7-3-1-4-8-17/h1-16,25-26H. The number of carbonyl (C=O) groups excluding carboxylic acids is 1. The summed E-state index contributed by atoms with van der Waals surface area (Å²) in [5, 5.41) is 0.360. The van der Waals surface area contributed by atoms with E-state index in [4.69, 9.17) is 0 Å². The molecular weight excluding hydrogens is 372 g/mol. The van der Waals surface area contributed by atoms with Gasteiger partial charge in [-0.1, -0.05) is 96.7 Å². The van der Waals surface area contributed by atoms with E-state index < -0.39 is 0 Å². The van der Waals surface area contributed by atoms with Gasteiger partial charge in [-0.3, -0.25) is 4.79 Å². The highest BCUT2D eigenvalue weighted by atomic mass is 32.2. The first-order chi connectivity index (χ1) is 14.3. The molecule has 2 heteroatoms. The lowest BCUT2D eigenvalue weighted by Crippen LogP contribution is -2.28. The van der Waals surface area contributed by atoms with Gasteiger partial charge in [-0.15, -0.1) is 0 Å². The molecule has 138 valence electrons. The Morgan fingerprint density at radius 3 is 1.69 bits per heavy atom. The summed E-state index contributed by atoms with van der Waals surface area (Å²) >= 11 is 1.49. The van der Waals surface area contributed by atoms with Crippen LogP contribution in [-0.2, 0) is 4.79 Å². The highest BCUT2D eigenvalue weighted by Gasteiger charge is 2.43. The molecule has 2 heterocycles. The van der Waals surface area contributed by atoms with Crippen molar-refractivity contribution in [3.63, 3.8) is 0 Å². The normalized spacial score (nSPS) is 19.0. The fourth-order valence-corrected chi connectivity index (χ4v) is 5.94. The quantitative estimate of drug-likeness (QED) is 0.373. The van der Waals surface area contributed by atoms with E-state index in [1.165, 1.54) is 56.3 Å². The van der Waals surface area contributed by atoms with Crippen molar-refractivity contribution >= 4 is 16.9 Å². The molecule has 1 nitrogen and oxygen atoms in total. The zero-order chi connectivity index (χ0) is 19.4. The lowest BCUT2D eigenvalue weighted by molar-refractivity contribution is -0.111. The minimum absolute atomic E-state index is 0.0889. The van der Waals surface area contributed by atoms with Gasteiger partial charge < -0.3 is 0 Å². The molecule has 0 N–H and O–H groups in total.